The summed E-state index contributed by atoms with van der Waals surface area (Å²) in [4.78, 5) is 0. The highest BCUT2D eigenvalue weighted by Crippen LogP contribution is 2.24. The molecule has 106 valence electrons. The third-order valence-corrected chi connectivity index (χ3v) is 3.45. The summed E-state index contributed by atoms with van der Waals surface area (Å²) in [6.07, 6.45) is -0.179. The van der Waals surface area contributed by atoms with E-state index in [1.165, 1.54) is 0 Å². The molecule has 0 saturated carbocycles. The highest BCUT2D eigenvalue weighted by molar-refractivity contribution is 6.31. The van der Waals surface area contributed by atoms with E-state index in [2.05, 4.69) is 0 Å². The maximum absolute atomic E-state index is 6.11. The first-order valence-electron chi connectivity index (χ1n) is 6.43. The minimum Gasteiger partial charge on any atom is -0.497 e. The number of hydrogen-bond donors (Lipinski definition) is 1. The van der Waals surface area contributed by atoms with Gasteiger partial charge in [0.25, 0.3) is 0 Å². The van der Waals surface area contributed by atoms with Crippen LogP contribution in [0.2, 0.25) is 5.02 Å². The molecule has 0 radical (unpaired) electrons. The van der Waals surface area contributed by atoms with Crippen LogP contribution in [0.4, 0.5) is 0 Å². The van der Waals surface area contributed by atoms with E-state index in [0.29, 0.717) is 18.2 Å². The molecule has 0 aliphatic rings. The molecule has 3 nitrogen and oxygen atoms in total. The fourth-order valence-electron chi connectivity index (χ4n) is 1.95. The topological polar surface area (TPSA) is 44.5 Å². The van der Waals surface area contributed by atoms with Gasteiger partial charge in [-0.2, -0.15) is 0 Å². The van der Waals surface area contributed by atoms with Crippen LogP contribution in [0.5, 0.6) is 5.75 Å². The highest BCUT2D eigenvalue weighted by atomic mass is 35.5. The molecule has 0 fully saturated rings. The maximum atomic E-state index is 6.11. The second kappa shape index (κ2) is 7.29. The van der Waals surface area contributed by atoms with Gasteiger partial charge in [-0.25, -0.2) is 0 Å². The fourth-order valence-corrected chi connectivity index (χ4v) is 2.14. The van der Waals surface area contributed by atoms with Gasteiger partial charge in [0, 0.05) is 11.6 Å². The standard InChI is InChI=1S/C16H18ClNO2/c1-19-14-7-4-6-12(9-14)16(10-18)20-11-13-5-2-3-8-15(13)17/h2-9,16H,10-11,18H2,1H3. The summed E-state index contributed by atoms with van der Waals surface area (Å²) in [6, 6.07) is 15.4. The zero-order chi connectivity index (χ0) is 14.4. The molecule has 1 unspecified atom stereocenters. The van der Waals surface area contributed by atoms with Crippen molar-refractivity contribution in [3.63, 3.8) is 0 Å². The third-order valence-electron chi connectivity index (χ3n) is 3.08. The van der Waals surface area contributed by atoms with Crippen molar-refractivity contribution in [3.8, 4) is 5.75 Å². The molecular weight excluding hydrogens is 274 g/mol. The summed E-state index contributed by atoms with van der Waals surface area (Å²) in [6.45, 7) is 0.830. The first-order valence-corrected chi connectivity index (χ1v) is 6.81. The maximum Gasteiger partial charge on any atom is 0.119 e. The van der Waals surface area contributed by atoms with E-state index in [1.807, 2.05) is 48.5 Å². The Labute approximate surface area is 124 Å². The van der Waals surface area contributed by atoms with Crippen LogP contribution in [0.25, 0.3) is 0 Å². The van der Waals surface area contributed by atoms with E-state index in [-0.39, 0.29) is 6.10 Å². The lowest BCUT2D eigenvalue weighted by atomic mass is 10.1. The molecule has 0 spiro atoms. The molecule has 0 heterocycles. The molecule has 1 atom stereocenters. The average molecular weight is 292 g/mol. The predicted molar refractivity (Wildman–Crippen MR) is 81.0 cm³/mol. The van der Waals surface area contributed by atoms with Gasteiger partial charge in [-0.15, -0.1) is 0 Å². The second-order valence-electron chi connectivity index (χ2n) is 4.40. The predicted octanol–water partition coefficient (Wildman–Crippen LogP) is 3.57. The fraction of sp³-hybridized carbons (Fsp3) is 0.250. The van der Waals surface area contributed by atoms with Crippen LogP contribution in [-0.4, -0.2) is 13.7 Å². The largest absolute Gasteiger partial charge is 0.497 e. The SMILES string of the molecule is COc1cccc(C(CN)OCc2ccccc2Cl)c1. The number of methoxy groups -OCH3 is 1. The normalized spacial score (nSPS) is 12.2. The molecule has 2 aromatic rings. The molecule has 4 heteroatoms. The molecule has 2 rings (SSSR count). The summed E-state index contributed by atoms with van der Waals surface area (Å²) in [7, 11) is 1.64. The zero-order valence-electron chi connectivity index (χ0n) is 11.4. The van der Waals surface area contributed by atoms with Gasteiger partial charge in [0.15, 0.2) is 0 Å². The summed E-state index contributed by atoms with van der Waals surface area (Å²) in [5.41, 5.74) is 7.75. The van der Waals surface area contributed by atoms with Gasteiger partial charge in [-0.3, -0.25) is 0 Å². The van der Waals surface area contributed by atoms with Crippen molar-refractivity contribution >= 4 is 11.6 Å². The minimum absolute atomic E-state index is 0.179. The van der Waals surface area contributed by atoms with E-state index in [1.54, 1.807) is 7.11 Å². The lowest BCUT2D eigenvalue weighted by molar-refractivity contribution is 0.0456. The van der Waals surface area contributed by atoms with Crippen LogP contribution < -0.4 is 10.5 Å². The first kappa shape index (κ1) is 14.9. The van der Waals surface area contributed by atoms with Gasteiger partial charge in [-0.1, -0.05) is 41.9 Å². The van der Waals surface area contributed by atoms with Crippen molar-refractivity contribution in [2.75, 3.05) is 13.7 Å². The van der Waals surface area contributed by atoms with Gasteiger partial charge in [0.1, 0.15) is 5.75 Å². The van der Waals surface area contributed by atoms with E-state index >= 15 is 0 Å². The molecule has 2 aromatic carbocycles. The van der Waals surface area contributed by atoms with Crippen LogP contribution in [-0.2, 0) is 11.3 Å². The van der Waals surface area contributed by atoms with Crippen LogP contribution in [0.3, 0.4) is 0 Å². The number of halogens is 1. The van der Waals surface area contributed by atoms with Crippen LogP contribution in [0.15, 0.2) is 48.5 Å². The molecule has 2 N–H and O–H groups in total. The van der Waals surface area contributed by atoms with Crippen molar-refractivity contribution < 1.29 is 9.47 Å². The van der Waals surface area contributed by atoms with Crippen LogP contribution in [0, 0.1) is 0 Å². The van der Waals surface area contributed by atoms with Crippen LogP contribution >= 0.6 is 11.6 Å². The van der Waals surface area contributed by atoms with E-state index in [4.69, 9.17) is 26.8 Å². The molecule has 0 aromatic heterocycles. The molecule has 0 saturated heterocycles. The highest BCUT2D eigenvalue weighted by Gasteiger charge is 2.12. The van der Waals surface area contributed by atoms with Gasteiger partial charge >= 0.3 is 0 Å². The molecule has 20 heavy (non-hydrogen) atoms. The minimum atomic E-state index is -0.179. The lowest BCUT2D eigenvalue weighted by Crippen LogP contribution is -2.16. The van der Waals surface area contributed by atoms with Crippen molar-refractivity contribution in [1.29, 1.82) is 0 Å². The molecule has 0 aliphatic carbocycles. The summed E-state index contributed by atoms with van der Waals surface area (Å²) in [5, 5.41) is 0.703. The van der Waals surface area contributed by atoms with Gasteiger partial charge in [0.2, 0.25) is 0 Å². The number of hydrogen-bond acceptors (Lipinski definition) is 3. The van der Waals surface area contributed by atoms with Gasteiger partial charge in [-0.05, 0) is 29.3 Å². The molecule has 0 aliphatic heterocycles. The van der Waals surface area contributed by atoms with Crippen molar-refractivity contribution in [1.82, 2.24) is 0 Å². The summed E-state index contributed by atoms with van der Waals surface area (Å²) < 4.78 is 11.1. The number of ether oxygens (including phenoxy) is 2. The summed E-state index contributed by atoms with van der Waals surface area (Å²) in [5.74, 6) is 0.794. The number of rotatable bonds is 6. The smallest absolute Gasteiger partial charge is 0.119 e. The van der Waals surface area contributed by atoms with Crippen molar-refractivity contribution in [2.24, 2.45) is 5.73 Å². The van der Waals surface area contributed by atoms with Crippen molar-refractivity contribution in [3.05, 3.63) is 64.7 Å². The number of nitrogens with two attached hydrogens (primary N) is 1. The quantitative estimate of drug-likeness (QED) is 0.885. The Morgan fingerprint density at radius 2 is 1.95 bits per heavy atom. The van der Waals surface area contributed by atoms with Crippen LogP contribution in [0.1, 0.15) is 17.2 Å². The molecule has 0 amide bonds. The monoisotopic (exact) mass is 291 g/mol. The second-order valence-corrected chi connectivity index (χ2v) is 4.81. The Hall–Kier alpha value is -1.55. The van der Waals surface area contributed by atoms with E-state index in [0.717, 1.165) is 16.9 Å². The third kappa shape index (κ3) is 3.73. The number of benzene rings is 2. The molecule has 0 bridgehead atoms. The Balaban J connectivity index is 2.07. The summed E-state index contributed by atoms with van der Waals surface area (Å²) >= 11 is 6.11. The Morgan fingerprint density at radius 1 is 1.15 bits per heavy atom. The zero-order valence-corrected chi connectivity index (χ0v) is 12.1. The Bertz CT molecular complexity index is 560. The lowest BCUT2D eigenvalue weighted by Gasteiger charge is -2.17. The Kier molecular flexibility index (Phi) is 5.41. The average Bonchev–Trinajstić information content (AvgIpc) is 2.50. The van der Waals surface area contributed by atoms with Gasteiger partial charge in [0.05, 0.1) is 19.8 Å². The van der Waals surface area contributed by atoms with E-state index < -0.39 is 0 Å². The van der Waals surface area contributed by atoms with E-state index in [9.17, 15) is 0 Å². The first-order chi connectivity index (χ1) is 9.74. The Morgan fingerprint density at radius 3 is 2.65 bits per heavy atom. The van der Waals surface area contributed by atoms with Gasteiger partial charge < -0.3 is 15.2 Å². The van der Waals surface area contributed by atoms with Crippen molar-refractivity contribution in [2.45, 2.75) is 12.7 Å². The molecular formula is C16H18ClNO2.